The normalized spacial score (nSPS) is 15.0. The van der Waals surface area contributed by atoms with Crippen LogP contribution in [0.5, 0.6) is 0 Å². The van der Waals surface area contributed by atoms with Crippen LogP contribution in [0.4, 0.5) is 5.69 Å². The first-order valence-corrected chi connectivity index (χ1v) is 7.66. The molecule has 1 aromatic rings. The molecule has 1 saturated carbocycles. The zero-order chi connectivity index (χ0) is 15.2. The number of hydrogen-bond donors (Lipinski definition) is 1. The Morgan fingerprint density at radius 1 is 1.14 bits per heavy atom. The van der Waals surface area contributed by atoms with E-state index in [1.54, 1.807) is 19.0 Å². The number of benzene rings is 1. The van der Waals surface area contributed by atoms with Crippen molar-refractivity contribution < 1.29 is 9.59 Å². The van der Waals surface area contributed by atoms with Gasteiger partial charge in [-0.2, -0.15) is 0 Å². The van der Waals surface area contributed by atoms with Crippen molar-refractivity contribution in [2.45, 2.75) is 38.5 Å². The van der Waals surface area contributed by atoms with E-state index in [1.165, 1.54) is 0 Å². The van der Waals surface area contributed by atoms with Crippen molar-refractivity contribution in [2.24, 2.45) is 5.92 Å². The summed E-state index contributed by atoms with van der Waals surface area (Å²) in [6.45, 7) is 0. The average molecular weight is 288 g/mol. The number of carbonyl (C=O) groups is 2. The number of hydrogen-bond acceptors (Lipinski definition) is 2. The van der Waals surface area contributed by atoms with E-state index in [0.29, 0.717) is 6.42 Å². The van der Waals surface area contributed by atoms with E-state index in [1.807, 2.05) is 24.3 Å². The number of nitrogens with zero attached hydrogens (tertiary/aromatic N) is 1. The summed E-state index contributed by atoms with van der Waals surface area (Å²) in [7, 11) is 3.54. The molecule has 4 heteroatoms. The van der Waals surface area contributed by atoms with Crippen LogP contribution < -0.4 is 5.32 Å². The quantitative estimate of drug-likeness (QED) is 0.905. The van der Waals surface area contributed by atoms with Crippen LogP contribution in [0, 0.1) is 5.92 Å². The van der Waals surface area contributed by atoms with Gasteiger partial charge < -0.3 is 10.2 Å². The van der Waals surface area contributed by atoms with Gasteiger partial charge in [0, 0.05) is 32.1 Å². The topological polar surface area (TPSA) is 49.4 Å². The SMILES string of the molecule is CN(C)C(=O)CCc1ccc(NC(=O)C2CCCC2)cc1. The molecule has 114 valence electrons. The minimum atomic E-state index is 0.133. The lowest BCUT2D eigenvalue weighted by Crippen LogP contribution is -2.21. The van der Waals surface area contributed by atoms with Crippen molar-refractivity contribution in [2.75, 3.05) is 19.4 Å². The maximum atomic E-state index is 12.0. The number of aryl methyl sites for hydroxylation is 1. The molecule has 1 aliphatic carbocycles. The first-order valence-electron chi connectivity index (χ1n) is 7.66. The number of carbonyl (C=O) groups excluding carboxylic acids is 2. The highest BCUT2D eigenvalue weighted by atomic mass is 16.2. The van der Waals surface area contributed by atoms with Crippen LogP contribution in [-0.2, 0) is 16.0 Å². The van der Waals surface area contributed by atoms with E-state index in [4.69, 9.17) is 0 Å². The van der Waals surface area contributed by atoms with Gasteiger partial charge in [-0.1, -0.05) is 25.0 Å². The molecule has 2 amide bonds. The van der Waals surface area contributed by atoms with Crippen molar-refractivity contribution in [1.82, 2.24) is 4.90 Å². The van der Waals surface area contributed by atoms with E-state index < -0.39 is 0 Å². The second kappa shape index (κ2) is 7.25. The summed E-state index contributed by atoms with van der Waals surface area (Å²) >= 11 is 0. The van der Waals surface area contributed by atoms with Crippen LogP contribution in [0.2, 0.25) is 0 Å². The van der Waals surface area contributed by atoms with Crippen molar-refractivity contribution in [3.05, 3.63) is 29.8 Å². The van der Waals surface area contributed by atoms with Gasteiger partial charge in [0.15, 0.2) is 0 Å². The lowest BCUT2D eigenvalue weighted by Gasteiger charge is -2.12. The lowest BCUT2D eigenvalue weighted by atomic mass is 10.1. The Morgan fingerprint density at radius 3 is 2.33 bits per heavy atom. The Labute approximate surface area is 126 Å². The van der Waals surface area contributed by atoms with Gasteiger partial charge in [0.25, 0.3) is 0 Å². The molecular weight excluding hydrogens is 264 g/mol. The number of anilines is 1. The number of nitrogens with one attached hydrogen (secondary N) is 1. The van der Waals surface area contributed by atoms with Gasteiger partial charge in [-0.25, -0.2) is 0 Å². The molecule has 2 rings (SSSR count). The van der Waals surface area contributed by atoms with Gasteiger partial charge in [0.2, 0.25) is 11.8 Å². The van der Waals surface area contributed by atoms with Gasteiger partial charge >= 0.3 is 0 Å². The Balaban J connectivity index is 1.84. The Morgan fingerprint density at radius 2 is 1.76 bits per heavy atom. The Kier molecular flexibility index (Phi) is 5.37. The van der Waals surface area contributed by atoms with E-state index >= 15 is 0 Å². The van der Waals surface area contributed by atoms with Crippen LogP contribution >= 0.6 is 0 Å². The van der Waals surface area contributed by atoms with Crippen molar-refractivity contribution in [1.29, 1.82) is 0 Å². The summed E-state index contributed by atoms with van der Waals surface area (Å²) in [4.78, 5) is 25.2. The first-order chi connectivity index (χ1) is 10.1. The minimum Gasteiger partial charge on any atom is -0.349 e. The highest BCUT2D eigenvalue weighted by Gasteiger charge is 2.22. The van der Waals surface area contributed by atoms with Gasteiger partial charge in [-0.05, 0) is 37.0 Å². The van der Waals surface area contributed by atoms with Crippen molar-refractivity contribution >= 4 is 17.5 Å². The molecule has 1 aromatic carbocycles. The summed E-state index contributed by atoms with van der Waals surface area (Å²) in [5.74, 6) is 0.457. The molecule has 0 spiro atoms. The van der Waals surface area contributed by atoms with E-state index in [0.717, 1.165) is 43.4 Å². The standard InChI is InChI=1S/C17H24N2O2/c1-19(2)16(20)12-9-13-7-10-15(11-8-13)18-17(21)14-5-3-4-6-14/h7-8,10-11,14H,3-6,9,12H2,1-2H3,(H,18,21). The second-order valence-electron chi connectivity index (χ2n) is 5.96. The molecular formula is C17H24N2O2. The highest BCUT2D eigenvalue weighted by Crippen LogP contribution is 2.26. The molecule has 0 saturated heterocycles. The molecule has 0 radical (unpaired) electrons. The third kappa shape index (κ3) is 4.59. The van der Waals surface area contributed by atoms with Crippen LogP contribution in [0.15, 0.2) is 24.3 Å². The molecule has 4 nitrogen and oxygen atoms in total. The second-order valence-corrected chi connectivity index (χ2v) is 5.96. The van der Waals surface area contributed by atoms with Gasteiger partial charge in [-0.3, -0.25) is 9.59 Å². The molecule has 0 aromatic heterocycles. The van der Waals surface area contributed by atoms with Crippen LogP contribution in [0.1, 0.15) is 37.7 Å². The van der Waals surface area contributed by atoms with E-state index in [2.05, 4.69) is 5.32 Å². The van der Waals surface area contributed by atoms with Crippen LogP contribution in [0.25, 0.3) is 0 Å². The molecule has 0 heterocycles. The largest absolute Gasteiger partial charge is 0.349 e. The molecule has 0 unspecified atom stereocenters. The van der Waals surface area contributed by atoms with Crippen LogP contribution in [0.3, 0.4) is 0 Å². The fraction of sp³-hybridized carbons (Fsp3) is 0.529. The molecule has 0 atom stereocenters. The molecule has 0 bridgehead atoms. The summed E-state index contributed by atoms with van der Waals surface area (Å²) in [6.07, 6.45) is 5.59. The highest BCUT2D eigenvalue weighted by molar-refractivity contribution is 5.92. The fourth-order valence-electron chi connectivity index (χ4n) is 2.66. The third-order valence-electron chi connectivity index (χ3n) is 4.07. The van der Waals surface area contributed by atoms with Gasteiger partial charge in [-0.15, -0.1) is 0 Å². The molecule has 0 aliphatic heterocycles. The zero-order valence-electron chi connectivity index (χ0n) is 12.9. The maximum absolute atomic E-state index is 12.0. The summed E-state index contributed by atoms with van der Waals surface area (Å²) in [5, 5.41) is 2.98. The predicted octanol–water partition coefficient (Wildman–Crippen LogP) is 2.84. The zero-order valence-corrected chi connectivity index (χ0v) is 12.9. The summed E-state index contributed by atoms with van der Waals surface area (Å²) in [6, 6.07) is 7.80. The number of rotatable bonds is 5. The van der Waals surface area contributed by atoms with Crippen molar-refractivity contribution in [3.8, 4) is 0 Å². The van der Waals surface area contributed by atoms with Crippen molar-refractivity contribution in [3.63, 3.8) is 0 Å². The maximum Gasteiger partial charge on any atom is 0.227 e. The number of amides is 2. The Bertz CT molecular complexity index is 488. The summed E-state index contributed by atoms with van der Waals surface area (Å²) < 4.78 is 0. The molecule has 21 heavy (non-hydrogen) atoms. The first kappa shape index (κ1) is 15.5. The smallest absolute Gasteiger partial charge is 0.227 e. The van der Waals surface area contributed by atoms with Gasteiger partial charge in [0.1, 0.15) is 0 Å². The predicted molar refractivity (Wildman–Crippen MR) is 84.0 cm³/mol. The van der Waals surface area contributed by atoms with Gasteiger partial charge in [0.05, 0.1) is 0 Å². The average Bonchev–Trinajstić information content (AvgIpc) is 3.00. The third-order valence-corrected chi connectivity index (χ3v) is 4.07. The monoisotopic (exact) mass is 288 g/mol. The minimum absolute atomic E-state index is 0.133. The summed E-state index contributed by atoms with van der Waals surface area (Å²) in [5.41, 5.74) is 1.96. The molecule has 1 fully saturated rings. The lowest BCUT2D eigenvalue weighted by molar-refractivity contribution is -0.128. The van der Waals surface area contributed by atoms with E-state index in [-0.39, 0.29) is 17.7 Å². The molecule has 1 aliphatic rings. The van der Waals surface area contributed by atoms with E-state index in [9.17, 15) is 9.59 Å². The molecule has 1 N–H and O–H groups in total. The Hall–Kier alpha value is -1.84. The fourth-order valence-corrected chi connectivity index (χ4v) is 2.66. The van der Waals surface area contributed by atoms with Crippen LogP contribution in [-0.4, -0.2) is 30.8 Å².